The highest BCUT2D eigenvalue weighted by molar-refractivity contribution is 6.30. The molecule has 2 aromatic rings. The molecule has 0 aliphatic carbocycles. The number of H-pyrrole nitrogens is 1. The standard InChI is InChI=1S/C14H17ClN4O.ClH/c1-9(16)6-7-17-14(20)13-8-12(18-19-13)10-2-4-11(15)5-3-10;/h2-5,8-9H,6-7,16H2,1H3,(H,17,20)(H,18,19);1H. The second kappa shape index (κ2) is 8.02. The molecule has 0 saturated heterocycles. The maximum Gasteiger partial charge on any atom is 0.269 e. The van der Waals surface area contributed by atoms with E-state index in [1.165, 1.54) is 0 Å². The number of carbonyl (C=O) groups excluding carboxylic acids is 1. The number of nitrogens with two attached hydrogens (primary N) is 1. The van der Waals surface area contributed by atoms with E-state index in [1.54, 1.807) is 18.2 Å². The normalized spacial score (nSPS) is 11.6. The Morgan fingerprint density at radius 3 is 2.71 bits per heavy atom. The molecule has 0 spiro atoms. The average molecular weight is 329 g/mol. The van der Waals surface area contributed by atoms with Gasteiger partial charge < -0.3 is 11.1 Å². The second-order valence-corrected chi connectivity index (χ2v) is 5.13. The van der Waals surface area contributed by atoms with Crippen molar-refractivity contribution in [3.63, 3.8) is 0 Å². The summed E-state index contributed by atoms with van der Waals surface area (Å²) >= 11 is 5.83. The molecular formula is C14H18Cl2N4O. The third kappa shape index (κ3) is 5.04. The number of hydrogen-bond acceptors (Lipinski definition) is 3. The van der Waals surface area contributed by atoms with Crippen LogP contribution >= 0.6 is 24.0 Å². The van der Waals surface area contributed by atoms with Gasteiger partial charge in [-0.15, -0.1) is 12.4 Å². The van der Waals surface area contributed by atoms with Gasteiger partial charge in [0.2, 0.25) is 0 Å². The Labute approximate surface area is 134 Å². The first-order valence-electron chi connectivity index (χ1n) is 6.41. The van der Waals surface area contributed by atoms with Crippen molar-refractivity contribution in [2.24, 2.45) is 5.73 Å². The molecule has 2 rings (SSSR count). The molecule has 21 heavy (non-hydrogen) atoms. The molecule has 1 aromatic carbocycles. The number of hydrogen-bond donors (Lipinski definition) is 3. The topological polar surface area (TPSA) is 83.8 Å². The molecule has 1 aromatic heterocycles. The largest absolute Gasteiger partial charge is 0.351 e. The van der Waals surface area contributed by atoms with Crippen LogP contribution < -0.4 is 11.1 Å². The van der Waals surface area contributed by atoms with E-state index >= 15 is 0 Å². The van der Waals surface area contributed by atoms with E-state index in [4.69, 9.17) is 17.3 Å². The zero-order chi connectivity index (χ0) is 14.5. The summed E-state index contributed by atoms with van der Waals surface area (Å²) in [6.45, 7) is 2.45. The Hall–Kier alpha value is -1.56. The van der Waals surface area contributed by atoms with Gasteiger partial charge in [-0.25, -0.2) is 0 Å². The summed E-state index contributed by atoms with van der Waals surface area (Å²) < 4.78 is 0. The summed E-state index contributed by atoms with van der Waals surface area (Å²) in [6.07, 6.45) is 0.740. The summed E-state index contributed by atoms with van der Waals surface area (Å²) in [6, 6.07) is 9.07. The highest BCUT2D eigenvalue weighted by Crippen LogP contribution is 2.20. The molecule has 7 heteroatoms. The van der Waals surface area contributed by atoms with Crippen LogP contribution in [0.3, 0.4) is 0 Å². The first-order chi connectivity index (χ1) is 9.56. The van der Waals surface area contributed by atoms with Gasteiger partial charge in [0.1, 0.15) is 5.69 Å². The first-order valence-corrected chi connectivity index (χ1v) is 6.79. The van der Waals surface area contributed by atoms with Crippen LogP contribution in [-0.2, 0) is 0 Å². The lowest BCUT2D eigenvalue weighted by Gasteiger charge is -2.05. The lowest BCUT2D eigenvalue weighted by molar-refractivity contribution is 0.0948. The van der Waals surface area contributed by atoms with Gasteiger partial charge in [-0.05, 0) is 31.5 Å². The van der Waals surface area contributed by atoms with E-state index in [9.17, 15) is 4.79 Å². The quantitative estimate of drug-likeness (QED) is 0.788. The highest BCUT2D eigenvalue weighted by Gasteiger charge is 2.10. The summed E-state index contributed by atoms with van der Waals surface area (Å²) in [5.74, 6) is -0.182. The highest BCUT2D eigenvalue weighted by atomic mass is 35.5. The molecule has 0 aliphatic heterocycles. The molecule has 0 bridgehead atoms. The van der Waals surface area contributed by atoms with Crippen molar-refractivity contribution >= 4 is 29.9 Å². The van der Waals surface area contributed by atoms with E-state index in [0.29, 0.717) is 23.0 Å². The number of aromatic amines is 1. The van der Waals surface area contributed by atoms with Gasteiger partial charge in [-0.2, -0.15) is 5.10 Å². The SMILES string of the molecule is CC(N)CCNC(=O)c1cc(-c2ccc(Cl)cc2)n[nH]1.Cl. The van der Waals surface area contributed by atoms with Crippen molar-refractivity contribution in [1.82, 2.24) is 15.5 Å². The molecule has 0 radical (unpaired) electrons. The summed E-state index contributed by atoms with van der Waals surface area (Å²) in [5, 5.41) is 10.3. The van der Waals surface area contributed by atoms with Crippen LogP contribution in [0.15, 0.2) is 30.3 Å². The number of rotatable bonds is 5. The number of amides is 1. The van der Waals surface area contributed by atoms with Crippen molar-refractivity contribution in [2.75, 3.05) is 6.54 Å². The van der Waals surface area contributed by atoms with Crippen molar-refractivity contribution in [3.8, 4) is 11.3 Å². The fraction of sp³-hybridized carbons (Fsp3) is 0.286. The zero-order valence-corrected chi connectivity index (χ0v) is 13.2. The molecule has 1 heterocycles. The van der Waals surface area contributed by atoms with Crippen molar-refractivity contribution in [3.05, 3.63) is 41.0 Å². The number of nitrogens with one attached hydrogen (secondary N) is 2. The molecule has 1 atom stereocenters. The number of nitrogens with zero attached hydrogens (tertiary/aromatic N) is 1. The predicted octanol–water partition coefficient (Wildman–Crippen LogP) is 2.62. The third-order valence-corrected chi connectivity index (χ3v) is 3.10. The van der Waals surface area contributed by atoms with Crippen LogP contribution in [0.25, 0.3) is 11.3 Å². The van der Waals surface area contributed by atoms with Gasteiger partial charge in [-0.3, -0.25) is 9.89 Å². The van der Waals surface area contributed by atoms with E-state index in [2.05, 4.69) is 15.5 Å². The van der Waals surface area contributed by atoms with Gasteiger partial charge in [0, 0.05) is 23.2 Å². The zero-order valence-electron chi connectivity index (χ0n) is 11.6. The van der Waals surface area contributed by atoms with Crippen LogP contribution in [-0.4, -0.2) is 28.7 Å². The fourth-order valence-electron chi connectivity index (χ4n) is 1.72. The summed E-state index contributed by atoms with van der Waals surface area (Å²) in [5.41, 5.74) is 7.67. The average Bonchev–Trinajstić information content (AvgIpc) is 2.88. The van der Waals surface area contributed by atoms with Crippen molar-refractivity contribution < 1.29 is 4.79 Å². The smallest absolute Gasteiger partial charge is 0.269 e. The van der Waals surface area contributed by atoms with Crippen molar-refractivity contribution in [2.45, 2.75) is 19.4 Å². The molecule has 0 fully saturated rings. The van der Waals surface area contributed by atoms with E-state index in [-0.39, 0.29) is 24.4 Å². The van der Waals surface area contributed by atoms with E-state index in [1.807, 2.05) is 19.1 Å². The second-order valence-electron chi connectivity index (χ2n) is 4.70. The molecule has 0 saturated carbocycles. The van der Waals surface area contributed by atoms with Crippen LogP contribution in [0.1, 0.15) is 23.8 Å². The van der Waals surface area contributed by atoms with Crippen LogP contribution in [0.4, 0.5) is 0 Å². The summed E-state index contributed by atoms with van der Waals surface area (Å²) in [4.78, 5) is 11.9. The molecular weight excluding hydrogens is 311 g/mol. The van der Waals surface area contributed by atoms with Crippen LogP contribution in [0.5, 0.6) is 0 Å². The van der Waals surface area contributed by atoms with Crippen molar-refractivity contribution in [1.29, 1.82) is 0 Å². The number of aromatic nitrogens is 2. The lowest BCUT2D eigenvalue weighted by Crippen LogP contribution is -2.29. The third-order valence-electron chi connectivity index (χ3n) is 2.85. The molecule has 0 aliphatic rings. The monoisotopic (exact) mass is 328 g/mol. The maximum absolute atomic E-state index is 11.9. The predicted molar refractivity (Wildman–Crippen MR) is 86.9 cm³/mol. The summed E-state index contributed by atoms with van der Waals surface area (Å²) in [7, 11) is 0. The minimum Gasteiger partial charge on any atom is -0.351 e. The molecule has 1 amide bonds. The Kier molecular flexibility index (Phi) is 6.68. The molecule has 5 nitrogen and oxygen atoms in total. The fourth-order valence-corrected chi connectivity index (χ4v) is 1.84. The minimum atomic E-state index is -0.182. The van der Waals surface area contributed by atoms with E-state index < -0.39 is 0 Å². The number of benzene rings is 1. The Bertz CT molecular complexity index is 581. The minimum absolute atomic E-state index is 0. The van der Waals surface area contributed by atoms with E-state index in [0.717, 1.165) is 12.0 Å². The number of halogens is 2. The molecule has 114 valence electrons. The van der Waals surface area contributed by atoms with Gasteiger partial charge in [0.05, 0.1) is 5.69 Å². The Balaban J connectivity index is 0.00000220. The van der Waals surface area contributed by atoms with Gasteiger partial charge in [0.15, 0.2) is 0 Å². The van der Waals surface area contributed by atoms with Crippen LogP contribution in [0, 0.1) is 0 Å². The van der Waals surface area contributed by atoms with Gasteiger partial charge >= 0.3 is 0 Å². The Morgan fingerprint density at radius 2 is 2.10 bits per heavy atom. The number of carbonyl (C=O) groups is 1. The molecule has 4 N–H and O–H groups in total. The van der Waals surface area contributed by atoms with Gasteiger partial charge in [-0.1, -0.05) is 23.7 Å². The molecule has 1 unspecified atom stereocenters. The first kappa shape index (κ1) is 17.5. The lowest BCUT2D eigenvalue weighted by atomic mass is 10.1. The Morgan fingerprint density at radius 1 is 1.43 bits per heavy atom. The maximum atomic E-state index is 11.9. The van der Waals surface area contributed by atoms with Gasteiger partial charge in [0.25, 0.3) is 5.91 Å². The van der Waals surface area contributed by atoms with Crippen LogP contribution in [0.2, 0.25) is 5.02 Å².